The summed E-state index contributed by atoms with van der Waals surface area (Å²) in [5.41, 5.74) is 1.78. The number of carbonyl (C=O) groups is 2. The molecule has 0 aliphatic rings. The number of aliphatic hydroxyl groups is 2. The first-order valence-corrected chi connectivity index (χ1v) is 6.65. The maximum atomic E-state index is 11.9. The van der Waals surface area contributed by atoms with E-state index in [9.17, 15) is 19.8 Å². The van der Waals surface area contributed by atoms with Crippen LogP contribution in [-0.2, 0) is 22.8 Å². The van der Waals surface area contributed by atoms with Crippen molar-refractivity contribution in [3.05, 3.63) is 59.7 Å². The van der Waals surface area contributed by atoms with Crippen molar-refractivity contribution in [3.63, 3.8) is 0 Å². The Morgan fingerprint density at radius 3 is 1.45 bits per heavy atom. The van der Waals surface area contributed by atoms with E-state index in [1.165, 1.54) is 0 Å². The third-order valence-corrected chi connectivity index (χ3v) is 3.08. The molecule has 0 unspecified atom stereocenters. The molecule has 0 spiro atoms. The summed E-state index contributed by atoms with van der Waals surface area (Å²) in [6.45, 7) is -0.489. The predicted molar refractivity (Wildman–Crippen MR) is 82.0 cm³/mol. The van der Waals surface area contributed by atoms with E-state index in [0.717, 1.165) is 0 Å². The maximum Gasteiger partial charge on any atom is 0.314 e. The third kappa shape index (κ3) is 3.69. The van der Waals surface area contributed by atoms with E-state index < -0.39 is 11.8 Å². The average molecular weight is 300 g/mol. The summed E-state index contributed by atoms with van der Waals surface area (Å²) in [5, 5.41) is 23.3. The Labute approximate surface area is 127 Å². The highest BCUT2D eigenvalue weighted by Crippen LogP contribution is 2.16. The highest BCUT2D eigenvalue weighted by molar-refractivity contribution is 6.43. The number of rotatable bonds is 4. The molecule has 0 atom stereocenters. The maximum absolute atomic E-state index is 11.9. The molecule has 0 saturated heterocycles. The van der Waals surface area contributed by atoms with Gasteiger partial charge in [-0.2, -0.15) is 0 Å². The lowest BCUT2D eigenvalue weighted by atomic mass is 10.2. The summed E-state index contributed by atoms with van der Waals surface area (Å²) in [6, 6.07) is 13.3. The van der Waals surface area contributed by atoms with Crippen LogP contribution in [0, 0.1) is 0 Å². The molecule has 2 aromatic carbocycles. The van der Waals surface area contributed by atoms with Crippen molar-refractivity contribution in [1.29, 1.82) is 0 Å². The lowest BCUT2D eigenvalue weighted by Crippen LogP contribution is -2.29. The van der Waals surface area contributed by atoms with Gasteiger partial charge in [0.15, 0.2) is 0 Å². The van der Waals surface area contributed by atoms with Crippen molar-refractivity contribution < 1.29 is 19.8 Å². The van der Waals surface area contributed by atoms with E-state index in [0.29, 0.717) is 22.5 Å². The van der Waals surface area contributed by atoms with E-state index >= 15 is 0 Å². The van der Waals surface area contributed by atoms with Crippen LogP contribution in [0.4, 0.5) is 11.4 Å². The largest absolute Gasteiger partial charge is 0.392 e. The number of carbonyl (C=O) groups excluding carboxylic acids is 2. The van der Waals surface area contributed by atoms with Gasteiger partial charge >= 0.3 is 11.8 Å². The molecule has 0 aliphatic heterocycles. The molecule has 2 amide bonds. The molecular weight excluding hydrogens is 284 g/mol. The molecular formula is C16H16N2O4. The van der Waals surface area contributed by atoms with E-state index in [1.807, 2.05) is 0 Å². The zero-order chi connectivity index (χ0) is 15.9. The Morgan fingerprint density at radius 2 is 1.09 bits per heavy atom. The number of hydrogen-bond acceptors (Lipinski definition) is 4. The summed E-state index contributed by atoms with van der Waals surface area (Å²) in [7, 11) is 0. The number of benzene rings is 2. The Bertz CT molecular complexity index is 626. The second kappa shape index (κ2) is 7.35. The van der Waals surface area contributed by atoms with E-state index in [4.69, 9.17) is 0 Å². The highest BCUT2D eigenvalue weighted by Gasteiger charge is 2.16. The highest BCUT2D eigenvalue weighted by atomic mass is 16.3. The monoisotopic (exact) mass is 300 g/mol. The molecule has 22 heavy (non-hydrogen) atoms. The number of amides is 2. The van der Waals surface area contributed by atoms with Crippen LogP contribution in [0.15, 0.2) is 48.5 Å². The van der Waals surface area contributed by atoms with Gasteiger partial charge in [-0.25, -0.2) is 0 Å². The van der Waals surface area contributed by atoms with Crippen LogP contribution in [-0.4, -0.2) is 22.0 Å². The van der Waals surface area contributed by atoms with Crippen molar-refractivity contribution in [2.24, 2.45) is 0 Å². The molecule has 4 N–H and O–H groups in total. The fourth-order valence-electron chi connectivity index (χ4n) is 1.92. The van der Waals surface area contributed by atoms with Crippen LogP contribution in [0.5, 0.6) is 0 Å². The van der Waals surface area contributed by atoms with Crippen LogP contribution >= 0.6 is 0 Å². The number of anilines is 2. The van der Waals surface area contributed by atoms with Gasteiger partial charge in [0.1, 0.15) is 0 Å². The topological polar surface area (TPSA) is 98.7 Å². The number of aliphatic hydroxyl groups excluding tert-OH is 2. The van der Waals surface area contributed by atoms with Crippen molar-refractivity contribution in [1.82, 2.24) is 0 Å². The number of para-hydroxylation sites is 2. The van der Waals surface area contributed by atoms with E-state index in [2.05, 4.69) is 10.6 Å². The minimum atomic E-state index is -0.853. The van der Waals surface area contributed by atoms with Crippen LogP contribution in [0.3, 0.4) is 0 Å². The van der Waals surface area contributed by atoms with Crippen molar-refractivity contribution in [3.8, 4) is 0 Å². The minimum absolute atomic E-state index is 0.245. The molecule has 6 heteroatoms. The van der Waals surface area contributed by atoms with Crippen molar-refractivity contribution in [2.75, 3.05) is 10.6 Å². The average Bonchev–Trinajstić information content (AvgIpc) is 2.55. The first-order chi connectivity index (χ1) is 10.7. The normalized spacial score (nSPS) is 10.1. The minimum Gasteiger partial charge on any atom is -0.392 e. The predicted octanol–water partition coefficient (Wildman–Crippen LogP) is 1.25. The van der Waals surface area contributed by atoms with Crippen LogP contribution in [0.25, 0.3) is 0 Å². The third-order valence-electron chi connectivity index (χ3n) is 3.08. The summed E-state index contributed by atoms with van der Waals surface area (Å²) in [4.78, 5) is 23.8. The fraction of sp³-hybridized carbons (Fsp3) is 0.125. The van der Waals surface area contributed by atoms with E-state index in [-0.39, 0.29) is 13.2 Å². The van der Waals surface area contributed by atoms with Crippen molar-refractivity contribution in [2.45, 2.75) is 13.2 Å². The van der Waals surface area contributed by atoms with Gasteiger partial charge in [-0.3, -0.25) is 9.59 Å². The summed E-state index contributed by atoms with van der Waals surface area (Å²) in [5.74, 6) is -1.71. The molecule has 0 bridgehead atoms. The lowest BCUT2D eigenvalue weighted by molar-refractivity contribution is -0.133. The SMILES string of the molecule is O=C(Nc1ccccc1CO)C(=O)Nc1ccccc1CO. The van der Waals surface area contributed by atoms with Gasteiger partial charge in [-0.05, 0) is 12.1 Å². The first-order valence-electron chi connectivity index (χ1n) is 6.65. The van der Waals surface area contributed by atoms with Gasteiger partial charge in [0.25, 0.3) is 0 Å². The molecule has 0 heterocycles. The Morgan fingerprint density at radius 1 is 0.727 bits per heavy atom. The van der Waals surface area contributed by atoms with Gasteiger partial charge in [-0.15, -0.1) is 0 Å². The fourth-order valence-corrected chi connectivity index (χ4v) is 1.92. The van der Waals surface area contributed by atoms with Gasteiger partial charge in [0.2, 0.25) is 0 Å². The Balaban J connectivity index is 2.08. The molecule has 2 rings (SSSR count). The van der Waals surface area contributed by atoms with Crippen molar-refractivity contribution >= 4 is 23.2 Å². The zero-order valence-electron chi connectivity index (χ0n) is 11.7. The molecule has 0 saturated carbocycles. The summed E-state index contributed by atoms with van der Waals surface area (Å²) < 4.78 is 0. The van der Waals surface area contributed by atoms with Gasteiger partial charge in [-0.1, -0.05) is 36.4 Å². The first kappa shape index (κ1) is 15.7. The van der Waals surface area contributed by atoms with E-state index in [1.54, 1.807) is 48.5 Å². The molecule has 0 aliphatic carbocycles. The molecule has 0 fully saturated rings. The molecule has 6 nitrogen and oxygen atoms in total. The molecule has 0 radical (unpaired) electrons. The number of nitrogens with one attached hydrogen (secondary N) is 2. The van der Waals surface area contributed by atoms with Gasteiger partial charge < -0.3 is 20.8 Å². The van der Waals surface area contributed by atoms with Crippen LogP contribution in [0.2, 0.25) is 0 Å². The van der Waals surface area contributed by atoms with Crippen LogP contribution in [0.1, 0.15) is 11.1 Å². The smallest absolute Gasteiger partial charge is 0.314 e. The number of hydrogen-bond donors (Lipinski definition) is 4. The van der Waals surface area contributed by atoms with Crippen LogP contribution < -0.4 is 10.6 Å². The quantitative estimate of drug-likeness (QED) is 0.639. The summed E-state index contributed by atoms with van der Waals surface area (Å²) >= 11 is 0. The Kier molecular flexibility index (Phi) is 5.24. The zero-order valence-corrected chi connectivity index (χ0v) is 11.7. The molecule has 114 valence electrons. The standard InChI is InChI=1S/C16H16N2O4/c19-9-11-5-1-3-7-13(11)17-15(21)16(22)18-14-8-4-2-6-12(14)10-20/h1-8,19-20H,9-10H2,(H,17,21)(H,18,22). The summed E-state index contributed by atoms with van der Waals surface area (Å²) in [6.07, 6.45) is 0. The van der Waals surface area contributed by atoms with Gasteiger partial charge in [0.05, 0.1) is 13.2 Å². The molecule has 0 aromatic heterocycles. The lowest BCUT2D eigenvalue weighted by Gasteiger charge is -2.11. The Hall–Kier alpha value is -2.70. The second-order valence-electron chi connectivity index (χ2n) is 4.54. The second-order valence-corrected chi connectivity index (χ2v) is 4.54. The molecule has 2 aromatic rings. The van der Waals surface area contributed by atoms with Gasteiger partial charge in [0, 0.05) is 22.5 Å².